The molecule has 1 nitrogen and oxygen atoms in total. The molecule has 0 spiro atoms. The van der Waals surface area contributed by atoms with Crippen molar-refractivity contribution in [2.45, 2.75) is 25.9 Å². The molecule has 0 aromatic heterocycles. The van der Waals surface area contributed by atoms with Crippen LogP contribution >= 0.6 is 22.6 Å². The highest BCUT2D eigenvalue weighted by molar-refractivity contribution is 14.1. The van der Waals surface area contributed by atoms with Crippen LogP contribution in [-0.2, 0) is 4.74 Å². The Hall–Kier alpha value is -0.160. The third-order valence-electron chi connectivity index (χ3n) is 2.20. The van der Waals surface area contributed by atoms with Gasteiger partial charge in [-0.05, 0) is 24.1 Å². The maximum Gasteiger partial charge on any atom is 0.123 e. The fraction of sp³-hybridized carbons (Fsp3) is 0.500. The summed E-state index contributed by atoms with van der Waals surface area (Å²) in [7, 11) is 0. The number of rotatable bonds is 6. The molecule has 0 aliphatic rings. The minimum Gasteiger partial charge on any atom is -0.373 e. The van der Waals surface area contributed by atoms with Gasteiger partial charge in [-0.1, -0.05) is 48.1 Å². The van der Waals surface area contributed by atoms with Crippen molar-refractivity contribution in [3.63, 3.8) is 0 Å². The van der Waals surface area contributed by atoms with E-state index >= 15 is 0 Å². The summed E-state index contributed by atoms with van der Waals surface area (Å²) in [5, 5.41) is 0. The predicted molar refractivity (Wildman–Crippen MR) is 68.9 cm³/mol. The number of unbranched alkanes of at least 4 members (excludes halogenated alkanes) is 1. The highest BCUT2D eigenvalue weighted by Gasteiger charge is 2.09. The van der Waals surface area contributed by atoms with Crippen molar-refractivity contribution < 1.29 is 9.13 Å². The van der Waals surface area contributed by atoms with Crippen LogP contribution in [0.15, 0.2) is 24.3 Å². The van der Waals surface area contributed by atoms with E-state index in [1.165, 1.54) is 12.1 Å². The Morgan fingerprint density at radius 1 is 1.33 bits per heavy atom. The zero-order valence-corrected chi connectivity index (χ0v) is 11.0. The SMILES string of the molecule is CCCCOC(CI)c1ccc(F)cc1. The highest BCUT2D eigenvalue weighted by Crippen LogP contribution is 2.20. The summed E-state index contributed by atoms with van der Waals surface area (Å²) in [5.41, 5.74) is 1.06. The van der Waals surface area contributed by atoms with E-state index in [1.54, 1.807) is 12.1 Å². The van der Waals surface area contributed by atoms with Crippen LogP contribution in [0, 0.1) is 5.82 Å². The van der Waals surface area contributed by atoms with E-state index in [2.05, 4.69) is 29.5 Å². The molecule has 0 saturated carbocycles. The van der Waals surface area contributed by atoms with E-state index in [0.717, 1.165) is 29.4 Å². The normalized spacial score (nSPS) is 12.7. The zero-order chi connectivity index (χ0) is 11.1. The molecule has 0 amide bonds. The van der Waals surface area contributed by atoms with Crippen LogP contribution in [0.1, 0.15) is 31.4 Å². The van der Waals surface area contributed by atoms with Gasteiger partial charge in [0.15, 0.2) is 0 Å². The average molecular weight is 322 g/mol. The Kier molecular flexibility index (Phi) is 6.17. The lowest BCUT2D eigenvalue weighted by Gasteiger charge is -2.15. The van der Waals surface area contributed by atoms with Crippen molar-refractivity contribution in [3.8, 4) is 0 Å². The van der Waals surface area contributed by atoms with Crippen LogP contribution in [0.3, 0.4) is 0 Å². The molecule has 0 aliphatic carbocycles. The Balaban J connectivity index is 2.53. The van der Waals surface area contributed by atoms with Crippen molar-refractivity contribution >= 4 is 22.6 Å². The van der Waals surface area contributed by atoms with Crippen molar-refractivity contribution in [2.75, 3.05) is 11.0 Å². The fourth-order valence-electron chi connectivity index (χ4n) is 1.28. The number of hydrogen-bond donors (Lipinski definition) is 0. The van der Waals surface area contributed by atoms with Gasteiger partial charge in [0.1, 0.15) is 5.82 Å². The third kappa shape index (κ3) is 4.47. The monoisotopic (exact) mass is 322 g/mol. The first-order valence-electron chi connectivity index (χ1n) is 5.21. The molecule has 1 aromatic carbocycles. The van der Waals surface area contributed by atoms with E-state index < -0.39 is 0 Å². The Labute approximate surface area is 104 Å². The van der Waals surface area contributed by atoms with Crippen molar-refractivity contribution in [3.05, 3.63) is 35.6 Å². The molecule has 3 heteroatoms. The van der Waals surface area contributed by atoms with Gasteiger partial charge in [-0.15, -0.1) is 0 Å². The minimum atomic E-state index is -0.195. The average Bonchev–Trinajstić information content (AvgIpc) is 2.26. The summed E-state index contributed by atoms with van der Waals surface area (Å²) in [4.78, 5) is 0. The van der Waals surface area contributed by atoms with Crippen molar-refractivity contribution in [1.82, 2.24) is 0 Å². The lowest BCUT2D eigenvalue weighted by molar-refractivity contribution is 0.0688. The van der Waals surface area contributed by atoms with Crippen LogP contribution in [0.25, 0.3) is 0 Å². The van der Waals surface area contributed by atoms with Gasteiger partial charge in [-0.2, -0.15) is 0 Å². The van der Waals surface area contributed by atoms with E-state index in [1.807, 2.05) is 0 Å². The van der Waals surface area contributed by atoms with Gasteiger partial charge < -0.3 is 4.74 Å². The summed E-state index contributed by atoms with van der Waals surface area (Å²) in [6, 6.07) is 6.56. The molecule has 1 unspecified atom stereocenters. The minimum absolute atomic E-state index is 0.0951. The second kappa shape index (κ2) is 7.17. The van der Waals surface area contributed by atoms with E-state index in [4.69, 9.17) is 4.74 Å². The molecule has 0 radical (unpaired) electrons. The molecule has 0 bridgehead atoms. The quantitative estimate of drug-likeness (QED) is 0.435. The van der Waals surface area contributed by atoms with Gasteiger partial charge in [0, 0.05) is 11.0 Å². The standard InChI is InChI=1S/C12H16FIO/c1-2-3-8-15-12(9-14)10-4-6-11(13)7-5-10/h4-7,12H,2-3,8-9H2,1H3. The summed E-state index contributed by atoms with van der Waals surface area (Å²) in [5.74, 6) is -0.195. The predicted octanol–water partition coefficient (Wildman–Crippen LogP) is 4.12. The molecule has 1 atom stereocenters. The van der Waals surface area contributed by atoms with Crippen molar-refractivity contribution in [2.24, 2.45) is 0 Å². The topological polar surface area (TPSA) is 9.23 Å². The Morgan fingerprint density at radius 3 is 2.53 bits per heavy atom. The van der Waals surface area contributed by atoms with Crippen LogP contribution < -0.4 is 0 Å². The molecule has 1 rings (SSSR count). The molecule has 15 heavy (non-hydrogen) atoms. The molecular formula is C12H16FIO. The number of benzene rings is 1. The molecule has 0 fully saturated rings. The number of ether oxygens (including phenoxy) is 1. The lowest BCUT2D eigenvalue weighted by Crippen LogP contribution is -2.06. The van der Waals surface area contributed by atoms with Gasteiger partial charge in [0.2, 0.25) is 0 Å². The molecule has 0 heterocycles. The maximum atomic E-state index is 12.7. The second-order valence-corrected chi connectivity index (χ2v) is 4.30. The van der Waals surface area contributed by atoms with Gasteiger partial charge in [-0.3, -0.25) is 0 Å². The van der Waals surface area contributed by atoms with Crippen LogP contribution in [0.5, 0.6) is 0 Å². The van der Waals surface area contributed by atoms with Gasteiger partial charge in [-0.25, -0.2) is 4.39 Å². The molecule has 84 valence electrons. The summed E-state index contributed by atoms with van der Waals surface area (Å²) in [6.45, 7) is 2.92. The maximum absolute atomic E-state index is 12.7. The van der Waals surface area contributed by atoms with Crippen LogP contribution in [-0.4, -0.2) is 11.0 Å². The lowest BCUT2D eigenvalue weighted by atomic mass is 10.1. The summed E-state index contributed by atoms with van der Waals surface area (Å²) < 4.78 is 19.3. The summed E-state index contributed by atoms with van der Waals surface area (Å²) in [6.07, 6.45) is 2.31. The summed E-state index contributed by atoms with van der Waals surface area (Å²) >= 11 is 2.29. The van der Waals surface area contributed by atoms with Gasteiger partial charge >= 0.3 is 0 Å². The molecular weight excluding hydrogens is 306 g/mol. The first kappa shape index (κ1) is 12.9. The number of halogens is 2. The highest BCUT2D eigenvalue weighted by atomic mass is 127. The second-order valence-electron chi connectivity index (χ2n) is 3.42. The Bertz CT molecular complexity index is 273. The Morgan fingerprint density at radius 2 is 2.00 bits per heavy atom. The largest absolute Gasteiger partial charge is 0.373 e. The first-order valence-corrected chi connectivity index (χ1v) is 6.73. The molecule has 0 saturated heterocycles. The molecule has 0 N–H and O–H groups in total. The smallest absolute Gasteiger partial charge is 0.123 e. The van der Waals surface area contributed by atoms with E-state index in [0.29, 0.717) is 0 Å². The van der Waals surface area contributed by atoms with Crippen molar-refractivity contribution in [1.29, 1.82) is 0 Å². The fourth-order valence-corrected chi connectivity index (χ4v) is 2.04. The first-order chi connectivity index (χ1) is 7.27. The van der Waals surface area contributed by atoms with Crippen LogP contribution in [0.4, 0.5) is 4.39 Å². The van der Waals surface area contributed by atoms with Gasteiger partial charge in [0.05, 0.1) is 6.10 Å². The van der Waals surface area contributed by atoms with Crippen LogP contribution in [0.2, 0.25) is 0 Å². The number of alkyl halides is 1. The van der Waals surface area contributed by atoms with Gasteiger partial charge in [0.25, 0.3) is 0 Å². The number of hydrogen-bond acceptors (Lipinski definition) is 1. The zero-order valence-electron chi connectivity index (χ0n) is 8.88. The van der Waals surface area contributed by atoms with E-state index in [9.17, 15) is 4.39 Å². The van der Waals surface area contributed by atoms with E-state index in [-0.39, 0.29) is 11.9 Å². The molecule has 1 aromatic rings. The molecule has 0 aliphatic heterocycles. The third-order valence-corrected chi connectivity index (χ3v) is 3.00.